The predicted octanol–water partition coefficient (Wildman–Crippen LogP) is 2.02. The van der Waals surface area contributed by atoms with Crippen LogP contribution in [0.5, 0.6) is 0 Å². The van der Waals surface area contributed by atoms with Gasteiger partial charge in [0.15, 0.2) is 16.8 Å². The van der Waals surface area contributed by atoms with Gasteiger partial charge in [-0.3, -0.25) is 0 Å². The average molecular weight is 345 g/mol. The lowest BCUT2D eigenvalue weighted by molar-refractivity contribution is 0.193. The zero-order chi connectivity index (χ0) is 16.5. The van der Waals surface area contributed by atoms with Crippen LogP contribution in [0.3, 0.4) is 0 Å². The number of nitrogens with two attached hydrogens (primary N) is 1. The second-order valence-electron chi connectivity index (χ2n) is 5.89. The van der Waals surface area contributed by atoms with Gasteiger partial charge in [-0.25, -0.2) is 14.6 Å². The Morgan fingerprint density at radius 2 is 2.29 bits per heavy atom. The number of nitrogen functional groups attached to an aromatic ring is 1. The second-order valence-corrected chi connectivity index (χ2v) is 6.95. The van der Waals surface area contributed by atoms with Crippen molar-refractivity contribution in [2.75, 3.05) is 25.6 Å². The van der Waals surface area contributed by atoms with Gasteiger partial charge in [0.2, 0.25) is 0 Å². The zero-order valence-electron chi connectivity index (χ0n) is 13.2. The Balaban J connectivity index is 1.75. The molecule has 0 aliphatic carbocycles. The minimum absolute atomic E-state index is 0.128. The maximum absolute atomic E-state index is 9.15. The van der Waals surface area contributed by atoms with Crippen molar-refractivity contribution in [2.45, 2.75) is 25.3 Å². The number of anilines is 1. The Hall–Kier alpha value is -2.03. The van der Waals surface area contributed by atoms with E-state index in [2.05, 4.69) is 10.1 Å². The summed E-state index contributed by atoms with van der Waals surface area (Å²) in [4.78, 5) is 9.12. The van der Waals surface area contributed by atoms with E-state index in [4.69, 9.17) is 20.6 Å². The lowest BCUT2D eigenvalue weighted by atomic mass is 10.1. The average Bonchev–Trinajstić information content (AvgIpc) is 3.30. The van der Waals surface area contributed by atoms with Gasteiger partial charge in [-0.15, -0.1) is 0 Å². The summed E-state index contributed by atoms with van der Waals surface area (Å²) in [5, 5.41) is 14.4. The van der Waals surface area contributed by atoms with Gasteiger partial charge in [0.05, 0.1) is 16.8 Å². The lowest BCUT2D eigenvalue weighted by Gasteiger charge is -2.04. The highest BCUT2D eigenvalue weighted by molar-refractivity contribution is 7.22. The Morgan fingerprint density at radius 1 is 1.38 bits per heavy atom. The van der Waals surface area contributed by atoms with E-state index in [1.807, 2.05) is 22.9 Å². The molecule has 24 heavy (non-hydrogen) atoms. The maximum atomic E-state index is 9.15. The molecule has 2 aromatic heterocycles. The quantitative estimate of drug-likeness (QED) is 0.734. The van der Waals surface area contributed by atoms with E-state index in [-0.39, 0.29) is 12.5 Å². The monoisotopic (exact) mass is 345 g/mol. The van der Waals surface area contributed by atoms with Crippen LogP contribution >= 0.6 is 11.3 Å². The SMILES string of the molecule is Nc1nc2cc(-c3nc(C4CCOC4)nn3CCCO)ccc2s1. The first kappa shape index (κ1) is 15.5. The van der Waals surface area contributed by atoms with Crippen molar-refractivity contribution in [3.8, 4) is 11.4 Å². The molecule has 1 aliphatic rings. The maximum Gasteiger partial charge on any atom is 0.181 e. The molecule has 1 atom stereocenters. The number of aliphatic hydroxyl groups excluding tert-OH is 1. The number of aryl methyl sites for hydroxylation is 1. The van der Waals surface area contributed by atoms with E-state index < -0.39 is 0 Å². The van der Waals surface area contributed by atoms with Crippen molar-refractivity contribution in [1.29, 1.82) is 0 Å². The molecule has 1 aromatic carbocycles. The van der Waals surface area contributed by atoms with E-state index in [9.17, 15) is 0 Å². The van der Waals surface area contributed by atoms with Crippen molar-refractivity contribution in [2.24, 2.45) is 0 Å². The highest BCUT2D eigenvalue weighted by Gasteiger charge is 2.24. The van der Waals surface area contributed by atoms with E-state index in [1.54, 1.807) is 0 Å². The normalized spacial score (nSPS) is 17.8. The number of aliphatic hydroxyl groups is 1. The van der Waals surface area contributed by atoms with Crippen LogP contribution in [0, 0.1) is 0 Å². The van der Waals surface area contributed by atoms with E-state index >= 15 is 0 Å². The molecule has 3 heterocycles. The number of hydrogen-bond acceptors (Lipinski definition) is 7. The molecule has 3 N–H and O–H groups in total. The summed E-state index contributed by atoms with van der Waals surface area (Å²) in [6.45, 7) is 2.19. The van der Waals surface area contributed by atoms with Crippen molar-refractivity contribution in [1.82, 2.24) is 19.7 Å². The summed E-state index contributed by atoms with van der Waals surface area (Å²) in [5.74, 6) is 1.87. The third-order valence-electron chi connectivity index (χ3n) is 4.17. The van der Waals surface area contributed by atoms with E-state index in [0.29, 0.717) is 24.7 Å². The fraction of sp³-hybridized carbons (Fsp3) is 0.438. The van der Waals surface area contributed by atoms with Gasteiger partial charge < -0.3 is 15.6 Å². The first-order chi connectivity index (χ1) is 11.7. The van der Waals surface area contributed by atoms with Crippen LogP contribution in [0.25, 0.3) is 21.6 Å². The Labute approximate surface area is 143 Å². The summed E-state index contributed by atoms with van der Waals surface area (Å²) < 4.78 is 8.39. The minimum atomic E-state index is 0.128. The van der Waals surface area contributed by atoms with E-state index in [0.717, 1.165) is 40.5 Å². The molecule has 0 amide bonds. The van der Waals surface area contributed by atoms with Crippen LogP contribution in [-0.2, 0) is 11.3 Å². The van der Waals surface area contributed by atoms with Gasteiger partial charge in [-0.1, -0.05) is 11.3 Å². The van der Waals surface area contributed by atoms with Gasteiger partial charge in [-0.2, -0.15) is 5.10 Å². The fourth-order valence-electron chi connectivity index (χ4n) is 2.94. The molecule has 1 saturated heterocycles. The minimum Gasteiger partial charge on any atom is -0.396 e. The standard InChI is InChI=1S/C16H19N5O2S/c17-16-18-12-8-10(2-3-13(12)24-16)15-19-14(11-4-7-23-9-11)20-21(15)5-1-6-22/h2-3,8,11,22H,1,4-7,9H2,(H2,17,18). The van der Waals surface area contributed by atoms with Crippen LogP contribution in [0.2, 0.25) is 0 Å². The molecule has 7 nitrogen and oxygen atoms in total. The van der Waals surface area contributed by atoms with E-state index in [1.165, 1.54) is 11.3 Å². The van der Waals surface area contributed by atoms with Crippen molar-refractivity contribution >= 4 is 26.7 Å². The lowest BCUT2D eigenvalue weighted by Crippen LogP contribution is -2.06. The Kier molecular flexibility index (Phi) is 4.17. The molecule has 8 heteroatoms. The van der Waals surface area contributed by atoms with Crippen molar-refractivity contribution in [3.63, 3.8) is 0 Å². The number of rotatable bonds is 5. The summed E-state index contributed by atoms with van der Waals surface area (Å²) in [5.41, 5.74) is 7.63. The Bertz CT molecular complexity index is 853. The fourth-order valence-corrected chi connectivity index (χ4v) is 3.66. The number of thiazole rings is 1. The summed E-state index contributed by atoms with van der Waals surface area (Å²) in [6.07, 6.45) is 1.59. The highest BCUT2D eigenvalue weighted by Crippen LogP contribution is 2.30. The molecular formula is C16H19N5O2S. The van der Waals surface area contributed by atoms with Crippen LogP contribution in [0.1, 0.15) is 24.6 Å². The van der Waals surface area contributed by atoms with Crippen LogP contribution in [-0.4, -0.2) is 44.7 Å². The number of ether oxygens (including phenoxy) is 1. The first-order valence-corrected chi connectivity index (χ1v) is 8.86. The largest absolute Gasteiger partial charge is 0.396 e. The van der Waals surface area contributed by atoms with Gasteiger partial charge in [0, 0.05) is 31.2 Å². The van der Waals surface area contributed by atoms with Gasteiger partial charge in [0.1, 0.15) is 0 Å². The molecule has 0 radical (unpaired) electrons. The van der Waals surface area contributed by atoms with Gasteiger partial charge >= 0.3 is 0 Å². The summed E-state index contributed by atoms with van der Waals surface area (Å²) in [6, 6.07) is 6.03. The molecule has 1 unspecified atom stereocenters. The Morgan fingerprint density at radius 3 is 3.08 bits per heavy atom. The molecular weight excluding hydrogens is 326 g/mol. The molecule has 0 bridgehead atoms. The third-order valence-corrected chi connectivity index (χ3v) is 5.04. The molecule has 0 saturated carbocycles. The summed E-state index contributed by atoms with van der Waals surface area (Å²) in [7, 11) is 0. The highest BCUT2D eigenvalue weighted by atomic mass is 32.1. The van der Waals surface area contributed by atoms with Crippen LogP contribution in [0.4, 0.5) is 5.13 Å². The topological polar surface area (TPSA) is 99.1 Å². The molecule has 3 aromatic rings. The number of hydrogen-bond donors (Lipinski definition) is 2. The van der Waals surface area contributed by atoms with Crippen molar-refractivity contribution < 1.29 is 9.84 Å². The molecule has 1 fully saturated rings. The first-order valence-electron chi connectivity index (χ1n) is 8.04. The van der Waals surface area contributed by atoms with Crippen LogP contribution < -0.4 is 5.73 Å². The smallest absolute Gasteiger partial charge is 0.181 e. The van der Waals surface area contributed by atoms with Gasteiger partial charge in [0.25, 0.3) is 0 Å². The number of aromatic nitrogens is 4. The van der Waals surface area contributed by atoms with Crippen LogP contribution in [0.15, 0.2) is 18.2 Å². The number of nitrogens with zero attached hydrogens (tertiary/aromatic N) is 4. The summed E-state index contributed by atoms with van der Waals surface area (Å²) >= 11 is 1.47. The molecule has 4 rings (SSSR count). The molecule has 126 valence electrons. The second kappa shape index (κ2) is 6.46. The number of fused-ring (bicyclic) bond motifs is 1. The van der Waals surface area contributed by atoms with Crippen molar-refractivity contribution in [3.05, 3.63) is 24.0 Å². The predicted molar refractivity (Wildman–Crippen MR) is 92.9 cm³/mol. The molecule has 0 spiro atoms. The number of benzene rings is 1. The molecule has 1 aliphatic heterocycles. The van der Waals surface area contributed by atoms with Gasteiger partial charge in [-0.05, 0) is 31.0 Å². The third kappa shape index (κ3) is 2.88. The zero-order valence-corrected chi connectivity index (χ0v) is 14.0.